The first-order valence-electron chi connectivity index (χ1n) is 8.96. The second-order valence-electron chi connectivity index (χ2n) is 6.67. The minimum absolute atomic E-state index is 0.0279. The summed E-state index contributed by atoms with van der Waals surface area (Å²) in [6.45, 7) is -0.842. The summed E-state index contributed by atoms with van der Waals surface area (Å²) >= 11 is 0. The molecule has 3 rings (SSSR count). The molecule has 1 aromatic heterocycles. The maximum absolute atomic E-state index is 14.1. The number of nitrogens with zero attached hydrogens (tertiary/aromatic N) is 4. The number of para-hydroxylation sites is 2. The fourth-order valence-electron chi connectivity index (χ4n) is 3.10. The molecule has 7 nitrogen and oxygen atoms in total. The lowest BCUT2D eigenvalue weighted by Crippen LogP contribution is -2.38. The second-order valence-corrected chi connectivity index (χ2v) is 6.67. The summed E-state index contributed by atoms with van der Waals surface area (Å²) < 4.78 is 54.7. The number of amides is 1. The molecule has 0 fully saturated rings. The lowest BCUT2D eigenvalue weighted by Gasteiger charge is -2.24. The Morgan fingerprint density at radius 3 is 2.45 bits per heavy atom. The maximum atomic E-state index is 14.1. The van der Waals surface area contributed by atoms with E-state index in [4.69, 9.17) is 0 Å². The van der Waals surface area contributed by atoms with Crippen LogP contribution in [0.2, 0.25) is 0 Å². The van der Waals surface area contributed by atoms with Gasteiger partial charge < -0.3 is 4.90 Å². The Hall–Kier alpha value is -3.76. The normalized spacial score (nSPS) is 11.4. The summed E-state index contributed by atoms with van der Waals surface area (Å²) in [7, 11) is 0. The third-order valence-corrected chi connectivity index (χ3v) is 4.53. The molecule has 11 heteroatoms. The molecule has 1 amide bonds. The molecule has 0 aliphatic rings. The van der Waals surface area contributed by atoms with Gasteiger partial charge in [-0.15, -0.1) is 0 Å². The molecule has 0 bridgehead atoms. The van der Waals surface area contributed by atoms with Crippen LogP contribution < -0.4 is 0 Å². The lowest BCUT2D eigenvalue weighted by molar-refractivity contribution is -0.385. The Labute approximate surface area is 173 Å². The van der Waals surface area contributed by atoms with Crippen molar-refractivity contribution < 1.29 is 27.3 Å². The molecule has 2 aromatic carbocycles. The van der Waals surface area contributed by atoms with Crippen molar-refractivity contribution in [2.75, 3.05) is 6.54 Å². The molecule has 0 saturated heterocycles. The fourth-order valence-corrected chi connectivity index (χ4v) is 3.10. The molecule has 31 heavy (non-hydrogen) atoms. The van der Waals surface area contributed by atoms with Gasteiger partial charge in [-0.3, -0.25) is 14.9 Å². The Balaban J connectivity index is 1.99. The van der Waals surface area contributed by atoms with Crippen molar-refractivity contribution in [3.63, 3.8) is 0 Å². The van der Waals surface area contributed by atoms with Crippen molar-refractivity contribution in [3.8, 4) is 5.69 Å². The summed E-state index contributed by atoms with van der Waals surface area (Å²) in [4.78, 5) is 23.9. The van der Waals surface area contributed by atoms with Gasteiger partial charge in [0.1, 0.15) is 18.0 Å². The zero-order chi connectivity index (χ0) is 22.8. The average molecular weight is 436 g/mol. The molecule has 0 unspecified atom stereocenters. The molecular formula is C20H16F4N4O3. The van der Waals surface area contributed by atoms with Crippen LogP contribution in [0.3, 0.4) is 0 Å². The number of carbonyl (C=O) groups excluding carboxylic acids is 1. The number of rotatable bonds is 6. The number of halogens is 4. The Kier molecular flexibility index (Phi) is 6.04. The summed E-state index contributed by atoms with van der Waals surface area (Å²) in [5, 5.41) is 15.1. The largest absolute Gasteiger partial charge is 0.406 e. The van der Waals surface area contributed by atoms with Crippen LogP contribution in [0, 0.1) is 22.9 Å². The molecule has 162 valence electrons. The topological polar surface area (TPSA) is 81.3 Å². The summed E-state index contributed by atoms with van der Waals surface area (Å²) in [6.07, 6.45) is -3.69. The van der Waals surface area contributed by atoms with Gasteiger partial charge in [0.25, 0.3) is 11.6 Å². The van der Waals surface area contributed by atoms with Crippen LogP contribution in [0.4, 0.5) is 23.2 Å². The van der Waals surface area contributed by atoms with Crippen LogP contribution >= 0.6 is 0 Å². The Morgan fingerprint density at radius 2 is 1.81 bits per heavy atom. The van der Waals surface area contributed by atoms with E-state index in [0.29, 0.717) is 4.90 Å². The minimum Gasteiger partial charge on any atom is -0.325 e. The Bertz CT molecular complexity index is 1130. The zero-order valence-corrected chi connectivity index (χ0v) is 16.1. The molecular weight excluding hydrogens is 420 g/mol. The standard InChI is InChI=1S/C20H16F4N4O3/c1-13-15(10-25-27(13)18-9-5-3-7-16(18)21)19(29)26(12-20(22,23)24)11-14-6-2-4-8-17(14)28(30)31/h2-10H,11-12H2,1H3. The van der Waals surface area contributed by atoms with Gasteiger partial charge in [-0.05, 0) is 19.1 Å². The van der Waals surface area contributed by atoms with E-state index in [-0.39, 0.29) is 22.5 Å². The van der Waals surface area contributed by atoms with E-state index >= 15 is 0 Å². The highest BCUT2D eigenvalue weighted by Crippen LogP contribution is 2.25. The smallest absolute Gasteiger partial charge is 0.325 e. The number of alkyl halides is 3. The lowest BCUT2D eigenvalue weighted by atomic mass is 10.1. The first-order valence-corrected chi connectivity index (χ1v) is 8.96. The van der Waals surface area contributed by atoms with Crippen LogP contribution in [-0.4, -0.2) is 38.2 Å². The summed E-state index contributed by atoms with van der Waals surface area (Å²) in [5.74, 6) is -1.66. The van der Waals surface area contributed by atoms with E-state index in [9.17, 15) is 32.5 Å². The second kappa shape index (κ2) is 8.54. The van der Waals surface area contributed by atoms with Crippen molar-refractivity contribution in [1.29, 1.82) is 0 Å². The predicted octanol–water partition coefficient (Wildman–Crippen LogP) is 4.43. The maximum Gasteiger partial charge on any atom is 0.406 e. The van der Waals surface area contributed by atoms with Crippen LogP contribution in [-0.2, 0) is 6.54 Å². The zero-order valence-electron chi connectivity index (χ0n) is 16.1. The monoisotopic (exact) mass is 436 g/mol. The number of carbonyl (C=O) groups is 1. The first kappa shape index (κ1) is 21.9. The van der Waals surface area contributed by atoms with Gasteiger partial charge in [0.05, 0.1) is 28.9 Å². The van der Waals surface area contributed by atoms with Gasteiger partial charge >= 0.3 is 6.18 Å². The van der Waals surface area contributed by atoms with Gasteiger partial charge in [0.2, 0.25) is 0 Å². The molecule has 3 aromatic rings. The third-order valence-electron chi connectivity index (χ3n) is 4.53. The highest BCUT2D eigenvalue weighted by atomic mass is 19.4. The number of nitro groups is 1. The molecule has 0 radical (unpaired) electrons. The highest BCUT2D eigenvalue weighted by Gasteiger charge is 2.35. The van der Waals surface area contributed by atoms with Crippen molar-refractivity contribution in [2.24, 2.45) is 0 Å². The van der Waals surface area contributed by atoms with Crippen LogP contribution in [0.15, 0.2) is 54.7 Å². The van der Waals surface area contributed by atoms with E-state index < -0.39 is 41.6 Å². The van der Waals surface area contributed by atoms with E-state index in [2.05, 4.69) is 5.10 Å². The van der Waals surface area contributed by atoms with Gasteiger partial charge in [-0.2, -0.15) is 18.3 Å². The SMILES string of the molecule is Cc1c(C(=O)N(Cc2ccccc2[N+](=O)[O-])CC(F)(F)F)cnn1-c1ccccc1F. The molecule has 0 aliphatic carbocycles. The molecule has 0 saturated carbocycles. The summed E-state index contributed by atoms with van der Waals surface area (Å²) in [5.41, 5.74) is -0.471. The van der Waals surface area contributed by atoms with Crippen molar-refractivity contribution >= 4 is 11.6 Å². The van der Waals surface area contributed by atoms with Crippen LogP contribution in [0.5, 0.6) is 0 Å². The Morgan fingerprint density at radius 1 is 1.16 bits per heavy atom. The van der Waals surface area contributed by atoms with Crippen LogP contribution in [0.25, 0.3) is 5.69 Å². The van der Waals surface area contributed by atoms with E-state index in [1.807, 2.05) is 0 Å². The number of nitro benzene ring substituents is 1. The average Bonchev–Trinajstić information content (AvgIpc) is 3.07. The van der Waals surface area contributed by atoms with E-state index in [0.717, 1.165) is 16.9 Å². The molecule has 1 heterocycles. The third kappa shape index (κ3) is 4.87. The number of hydrogen-bond donors (Lipinski definition) is 0. The van der Waals surface area contributed by atoms with Crippen LogP contribution in [0.1, 0.15) is 21.6 Å². The summed E-state index contributed by atoms with van der Waals surface area (Å²) in [6, 6.07) is 10.8. The van der Waals surface area contributed by atoms with Gasteiger partial charge in [0, 0.05) is 11.6 Å². The number of aromatic nitrogens is 2. The molecule has 0 atom stereocenters. The quantitative estimate of drug-likeness (QED) is 0.325. The van der Waals surface area contributed by atoms with Gasteiger partial charge in [-0.1, -0.05) is 30.3 Å². The molecule has 0 aliphatic heterocycles. The van der Waals surface area contributed by atoms with Crippen molar-refractivity contribution in [1.82, 2.24) is 14.7 Å². The van der Waals surface area contributed by atoms with E-state index in [1.54, 1.807) is 6.07 Å². The van der Waals surface area contributed by atoms with E-state index in [1.165, 1.54) is 43.3 Å². The fraction of sp³-hybridized carbons (Fsp3) is 0.200. The predicted molar refractivity (Wildman–Crippen MR) is 102 cm³/mol. The number of hydrogen-bond acceptors (Lipinski definition) is 4. The van der Waals surface area contributed by atoms with Crippen molar-refractivity contribution in [3.05, 3.63) is 87.5 Å². The molecule has 0 spiro atoms. The first-order chi connectivity index (χ1) is 14.6. The van der Waals surface area contributed by atoms with Gasteiger partial charge in [0.15, 0.2) is 0 Å². The minimum atomic E-state index is -4.74. The van der Waals surface area contributed by atoms with Gasteiger partial charge in [-0.25, -0.2) is 9.07 Å². The number of benzene rings is 2. The van der Waals surface area contributed by atoms with Crippen molar-refractivity contribution in [2.45, 2.75) is 19.6 Å². The highest BCUT2D eigenvalue weighted by molar-refractivity contribution is 5.95. The molecule has 0 N–H and O–H groups in total.